The van der Waals surface area contributed by atoms with E-state index in [0.29, 0.717) is 10.6 Å². The number of rotatable bonds is 4. The van der Waals surface area contributed by atoms with Crippen LogP contribution < -0.4 is 11.1 Å². The first-order valence-corrected chi connectivity index (χ1v) is 9.43. The fraction of sp³-hybridized carbons (Fsp3) is 0.211. The molecule has 0 bridgehead atoms. The minimum atomic E-state index is -0.672. The summed E-state index contributed by atoms with van der Waals surface area (Å²) in [5, 5.41) is 12.5. The highest BCUT2D eigenvalue weighted by atomic mass is 35.5. The lowest BCUT2D eigenvalue weighted by Gasteiger charge is -2.15. The number of amides is 2. The van der Waals surface area contributed by atoms with Gasteiger partial charge in [0, 0.05) is 4.88 Å². The Morgan fingerprint density at radius 2 is 1.96 bits per heavy atom. The summed E-state index contributed by atoms with van der Waals surface area (Å²) >= 11 is 13.3. The number of nitriles is 1. The topological polar surface area (TPSA) is 96.0 Å². The number of nitrogens with one attached hydrogen (secondary N) is 1. The molecule has 2 rings (SSSR count). The van der Waals surface area contributed by atoms with Crippen molar-refractivity contribution in [2.75, 3.05) is 5.32 Å². The molecule has 0 spiro atoms. The third kappa shape index (κ3) is 4.89. The van der Waals surface area contributed by atoms with Gasteiger partial charge in [0.05, 0.1) is 15.7 Å². The van der Waals surface area contributed by atoms with Crippen LogP contribution in [0.25, 0.3) is 6.08 Å². The third-order valence-corrected chi connectivity index (χ3v) is 6.00. The number of carbonyl (C=O) groups is 2. The van der Waals surface area contributed by atoms with Crippen LogP contribution in [0.2, 0.25) is 10.0 Å². The second kappa shape index (κ2) is 8.13. The molecule has 2 amide bonds. The second-order valence-corrected chi connectivity index (χ2v) is 8.57. The van der Waals surface area contributed by atoms with Crippen molar-refractivity contribution in [3.63, 3.8) is 0 Å². The van der Waals surface area contributed by atoms with Crippen LogP contribution in [0, 0.1) is 11.3 Å². The van der Waals surface area contributed by atoms with Crippen molar-refractivity contribution in [1.29, 1.82) is 5.26 Å². The number of carbonyl (C=O) groups excluding carboxylic acids is 2. The molecule has 0 aliphatic rings. The number of benzene rings is 1. The highest BCUT2D eigenvalue weighted by Gasteiger charge is 2.23. The number of nitrogens with zero attached hydrogens (tertiary/aromatic N) is 1. The first kappa shape index (κ1) is 21.0. The van der Waals surface area contributed by atoms with E-state index in [1.165, 1.54) is 17.4 Å². The van der Waals surface area contributed by atoms with E-state index in [4.69, 9.17) is 28.9 Å². The van der Waals surface area contributed by atoms with E-state index >= 15 is 0 Å². The molecule has 140 valence electrons. The largest absolute Gasteiger partial charge is 0.365 e. The quantitative estimate of drug-likeness (QED) is 0.536. The van der Waals surface area contributed by atoms with Gasteiger partial charge in [0.1, 0.15) is 16.5 Å². The summed E-state index contributed by atoms with van der Waals surface area (Å²) < 4.78 is 0. The Morgan fingerprint density at radius 3 is 2.52 bits per heavy atom. The van der Waals surface area contributed by atoms with Gasteiger partial charge in [0.2, 0.25) is 0 Å². The van der Waals surface area contributed by atoms with Crippen molar-refractivity contribution in [2.45, 2.75) is 26.2 Å². The Hall–Kier alpha value is -2.33. The van der Waals surface area contributed by atoms with Crippen molar-refractivity contribution >= 4 is 58.1 Å². The second-order valence-electron chi connectivity index (χ2n) is 6.73. The summed E-state index contributed by atoms with van der Waals surface area (Å²) in [5.74, 6) is -1.32. The number of hydrogen-bond donors (Lipinski definition) is 2. The first-order valence-electron chi connectivity index (χ1n) is 7.86. The molecule has 2 aromatic rings. The van der Waals surface area contributed by atoms with Gasteiger partial charge in [0.25, 0.3) is 11.8 Å². The molecule has 3 N–H and O–H groups in total. The smallest absolute Gasteiger partial charge is 0.266 e. The number of halogens is 2. The van der Waals surface area contributed by atoms with Gasteiger partial charge in [0.15, 0.2) is 0 Å². The van der Waals surface area contributed by atoms with E-state index in [1.54, 1.807) is 24.3 Å². The van der Waals surface area contributed by atoms with Gasteiger partial charge < -0.3 is 11.1 Å². The average molecular weight is 422 g/mol. The highest BCUT2D eigenvalue weighted by Crippen LogP contribution is 2.35. The van der Waals surface area contributed by atoms with Crippen LogP contribution in [0.15, 0.2) is 29.8 Å². The molecule has 0 saturated carbocycles. The van der Waals surface area contributed by atoms with E-state index in [1.807, 2.05) is 26.8 Å². The van der Waals surface area contributed by atoms with Gasteiger partial charge in [-0.2, -0.15) is 5.26 Å². The fourth-order valence-corrected chi connectivity index (χ4v) is 3.55. The van der Waals surface area contributed by atoms with Crippen LogP contribution in [0.5, 0.6) is 0 Å². The lowest BCUT2D eigenvalue weighted by Crippen LogP contribution is -2.17. The van der Waals surface area contributed by atoms with Gasteiger partial charge in [-0.25, -0.2) is 0 Å². The number of hydrogen-bond acceptors (Lipinski definition) is 4. The molecule has 0 unspecified atom stereocenters. The molecule has 0 atom stereocenters. The van der Waals surface area contributed by atoms with Gasteiger partial charge in [-0.3, -0.25) is 9.59 Å². The van der Waals surface area contributed by atoms with Gasteiger partial charge in [-0.15, -0.1) is 11.3 Å². The Bertz CT molecular complexity index is 982. The molecule has 0 aliphatic heterocycles. The SMILES string of the molecule is CC(C)(C)c1cc(NC(=O)/C(C#N)=C\c2cccc(Cl)c2Cl)c(C(N)=O)s1. The molecule has 5 nitrogen and oxygen atoms in total. The third-order valence-electron chi connectivity index (χ3n) is 3.59. The molecule has 1 heterocycles. The highest BCUT2D eigenvalue weighted by molar-refractivity contribution is 7.14. The van der Waals surface area contributed by atoms with Crippen LogP contribution in [0.4, 0.5) is 5.69 Å². The molecule has 0 aliphatic carbocycles. The van der Waals surface area contributed by atoms with E-state index in [-0.39, 0.29) is 26.6 Å². The predicted octanol–water partition coefficient (Wildman–Crippen LogP) is 5.00. The lowest BCUT2D eigenvalue weighted by molar-refractivity contribution is -0.112. The summed E-state index contributed by atoms with van der Waals surface area (Å²) in [6.07, 6.45) is 1.34. The summed E-state index contributed by atoms with van der Waals surface area (Å²) in [7, 11) is 0. The van der Waals surface area contributed by atoms with Gasteiger partial charge >= 0.3 is 0 Å². The first-order chi connectivity index (χ1) is 12.5. The van der Waals surface area contributed by atoms with E-state index in [9.17, 15) is 14.9 Å². The number of anilines is 1. The molecule has 1 aromatic carbocycles. The van der Waals surface area contributed by atoms with Crippen molar-refractivity contribution in [3.05, 3.63) is 55.2 Å². The zero-order chi connectivity index (χ0) is 20.4. The zero-order valence-corrected chi connectivity index (χ0v) is 17.2. The van der Waals surface area contributed by atoms with Crippen LogP contribution in [0.1, 0.15) is 40.9 Å². The van der Waals surface area contributed by atoms with E-state index in [0.717, 1.165) is 4.88 Å². The number of thiophene rings is 1. The summed E-state index contributed by atoms with van der Waals surface area (Å²) in [6, 6.07) is 8.43. The molecule has 0 fully saturated rings. The van der Waals surface area contributed by atoms with Crippen LogP contribution in [-0.2, 0) is 10.2 Å². The zero-order valence-electron chi connectivity index (χ0n) is 14.9. The van der Waals surface area contributed by atoms with Crippen LogP contribution in [0.3, 0.4) is 0 Å². The van der Waals surface area contributed by atoms with E-state index < -0.39 is 11.8 Å². The van der Waals surface area contributed by atoms with Crippen molar-refractivity contribution in [3.8, 4) is 6.07 Å². The number of nitrogens with two attached hydrogens (primary N) is 1. The van der Waals surface area contributed by atoms with Crippen LogP contribution >= 0.6 is 34.5 Å². The van der Waals surface area contributed by atoms with Crippen molar-refractivity contribution in [2.24, 2.45) is 5.73 Å². The summed E-state index contributed by atoms with van der Waals surface area (Å²) in [5.41, 5.74) is 5.73. The fourth-order valence-electron chi connectivity index (χ4n) is 2.16. The maximum Gasteiger partial charge on any atom is 0.266 e. The molecule has 0 saturated heterocycles. The summed E-state index contributed by atoms with van der Waals surface area (Å²) in [4.78, 5) is 25.4. The van der Waals surface area contributed by atoms with Crippen molar-refractivity contribution in [1.82, 2.24) is 0 Å². The van der Waals surface area contributed by atoms with Crippen LogP contribution in [-0.4, -0.2) is 11.8 Å². The lowest BCUT2D eigenvalue weighted by atomic mass is 9.94. The Kier molecular flexibility index (Phi) is 6.32. The van der Waals surface area contributed by atoms with Gasteiger partial charge in [-0.1, -0.05) is 56.1 Å². The molecule has 1 aromatic heterocycles. The monoisotopic (exact) mass is 421 g/mol. The molecule has 0 radical (unpaired) electrons. The maximum absolute atomic E-state index is 12.6. The van der Waals surface area contributed by atoms with Crippen molar-refractivity contribution < 1.29 is 9.59 Å². The standard InChI is InChI=1S/C19H17Cl2N3O2S/c1-19(2,3)14-8-13(16(27-14)17(23)25)24-18(26)11(9-22)7-10-5-4-6-12(20)15(10)21/h4-8H,1-3H3,(H2,23,25)(H,24,26)/b11-7-. The minimum absolute atomic E-state index is 0.182. The number of primary amides is 1. The maximum atomic E-state index is 12.6. The average Bonchev–Trinajstić information content (AvgIpc) is 3.00. The van der Waals surface area contributed by atoms with E-state index in [2.05, 4.69) is 5.32 Å². The molecule has 27 heavy (non-hydrogen) atoms. The van der Waals surface area contributed by atoms with Gasteiger partial charge in [-0.05, 0) is 29.2 Å². The molecule has 8 heteroatoms. The molecular weight excluding hydrogens is 405 g/mol. The Morgan fingerprint density at radius 1 is 1.30 bits per heavy atom. The minimum Gasteiger partial charge on any atom is -0.365 e. The molecular formula is C19H17Cl2N3O2S. The Labute approximate surface area is 171 Å². The predicted molar refractivity (Wildman–Crippen MR) is 110 cm³/mol. The Balaban J connectivity index is 2.39. The summed E-state index contributed by atoms with van der Waals surface area (Å²) in [6.45, 7) is 5.95. The normalized spacial score (nSPS) is 11.8.